The molecular formula is C12H21NO3. The van der Waals surface area contributed by atoms with E-state index in [1.807, 2.05) is 0 Å². The van der Waals surface area contributed by atoms with Crippen LogP contribution in [0.3, 0.4) is 0 Å². The predicted octanol–water partition coefficient (Wildman–Crippen LogP) is 1.40. The molecule has 1 heterocycles. The molecule has 2 aliphatic rings. The second-order valence-corrected chi connectivity index (χ2v) is 4.99. The lowest BCUT2D eigenvalue weighted by molar-refractivity contribution is -0.139. The van der Waals surface area contributed by atoms with Gasteiger partial charge in [0.05, 0.1) is 6.10 Å². The van der Waals surface area contributed by atoms with E-state index in [0.717, 1.165) is 6.61 Å². The van der Waals surface area contributed by atoms with Gasteiger partial charge in [0, 0.05) is 19.6 Å². The number of carbonyl (C=O) groups is 1. The lowest BCUT2D eigenvalue weighted by Crippen LogP contribution is -2.30. The van der Waals surface area contributed by atoms with E-state index in [1.165, 1.54) is 32.1 Å². The van der Waals surface area contributed by atoms with Gasteiger partial charge in [-0.05, 0) is 18.8 Å². The quantitative estimate of drug-likeness (QED) is 0.762. The van der Waals surface area contributed by atoms with Crippen LogP contribution in [-0.4, -0.2) is 36.4 Å². The van der Waals surface area contributed by atoms with Gasteiger partial charge in [-0.1, -0.05) is 19.3 Å². The highest BCUT2D eigenvalue weighted by molar-refractivity contribution is 5.73. The van der Waals surface area contributed by atoms with Crippen LogP contribution in [0.15, 0.2) is 0 Å². The van der Waals surface area contributed by atoms with Gasteiger partial charge in [0.2, 0.25) is 0 Å². The van der Waals surface area contributed by atoms with Gasteiger partial charge in [-0.2, -0.15) is 0 Å². The van der Waals surface area contributed by atoms with E-state index in [9.17, 15) is 4.79 Å². The minimum atomic E-state index is -0.760. The van der Waals surface area contributed by atoms with Crippen LogP contribution in [0.2, 0.25) is 0 Å². The number of carboxylic acid groups (broad SMARTS) is 1. The van der Waals surface area contributed by atoms with Gasteiger partial charge >= 0.3 is 5.97 Å². The van der Waals surface area contributed by atoms with E-state index in [4.69, 9.17) is 9.84 Å². The highest BCUT2D eigenvalue weighted by Gasteiger charge is 2.30. The van der Waals surface area contributed by atoms with Gasteiger partial charge in [0.25, 0.3) is 0 Å². The average molecular weight is 227 g/mol. The Hall–Kier alpha value is -0.610. The van der Waals surface area contributed by atoms with Crippen LogP contribution in [0.1, 0.15) is 38.5 Å². The Morgan fingerprint density at radius 2 is 2.06 bits per heavy atom. The van der Waals surface area contributed by atoms with Gasteiger partial charge in [0.1, 0.15) is 6.04 Å². The first-order chi connectivity index (χ1) is 7.75. The lowest BCUT2D eigenvalue weighted by atomic mass is 9.90. The predicted molar refractivity (Wildman–Crippen MR) is 60.4 cm³/mol. The highest BCUT2D eigenvalue weighted by Crippen LogP contribution is 2.24. The molecule has 2 rings (SSSR count). The molecule has 4 heteroatoms. The summed E-state index contributed by atoms with van der Waals surface area (Å²) in [4.78, 5) is 10.7. The fourth-order valence-corrected chi connectivity index (χ4v) is 2.64. The molecule has 1 aliphatic carbocycles. The fourth-order valence-electron chi connectivity index (χ4n) is 2.64. The summed E-state index contributed by atoms with van der Waals surface area (Å²) in [6.45, 7) is 1.50. The van der Waals surface area contributed by atoms with Crippen LogP contribution < -0.4 is 5.32 Å². The molecule has 2 fully saturated rings. The van der Waals surface area contributed by atoms with Crippen molar-refractivity contribution in [1.29, 1.82) is 0 Å². The van der Waals surface area contributed by atoms with Crippen LogP contribution in [0, 0.1) is 5.92 Å². The van der Waals surface area contributed by atoms with Crippen molar-refractivity contribution in [3.63, 3.8) is 0 Å². The monoisotopic (exact) mass is 227 g/mol. The summed E-state index contributed by atoms with van der Waals surface area (Å²) in [6.07, 6.45) is 7.29. The second kappa shape index (κ2) is 5.64. The first kappa shape index (κ1) is 11.9. The molecular weight excluding hydrogens is 206 g/mol. The van der Waals surface area contributed by atoms with Crippen molar-refractivity contribution in [3.8, 4) is 0 Å². The zero-order chi connectivity index (χ0) is 11.4. The summed E-state index contributed by atoms with van der Waals surface area (Å²) < 4.78 is 5.80. The third-order valence-corrected chi connectivity index (χ3v) is 3.68. The molecule has 1 saturated heterocycles. The first-order valence-electron chi connectivity index (χ1n) is 6.33. The number of aliphatic carboxylic acids is 1. The Balaban J connectivity index is 1.65. The molecule has 0 aromatic carbocycles. The Bertz CT molecular complexity index is 238. The number of carboxylic acids is 1. The maximum atomic E-state index is 10.7. The van der Waals surface area contributed by atoms with Crippen molar-refractivity contribution in [1.82, 2.24) is 5.32 Å². The Morgan fingerprint density at radius 3 is 2.69 bits per heavy atom. The number of hydrogen-bond donors (Lipinski definition) is 2. The van der Waals surface area contributed by atoms with Gasteiger partial charge in [-0.25, -0.2) is 0 Å². The maximum absolute atomic E-state index is 10.7. The van der Waals surface area contributed by atoms with Crippen molar-refractivity contribution in [2.45, 2.75) is 50.7 Å². The van der Waals surface area contributed by atoms with E-state index in [1.54, 1.807) is 0 Å². The van der Waals surface area contributed by atoms with Crippen LogP contribution in [-0.2, 0) is 9.53 Å². The van der Waals surface area contributed by atoms with Crippen LogP contribution in [0.25, 0.3) is 0 Å². The van der Waals surface area contributed by atoms with E-state index < -0.39 is 12.0 Å². The Morgan fingerprint density at radius 1 is 1.31 bits per heavy atom. The summed E-state index contributed by atoms with van der Waals surface area (Å²) in [7, 11) is 0. The molecule has 2 N–H and O–H groups in total. The normalized spacial score (nSPS) is 31.8. The zero-order valence-electron chi connectivity index (χ0n) is 9.65. The van der Waals surface area contributed by atoms with Gasteiger partial charge in [-0.15, -0.1) is 0 Å². The molecule has 0 aromatic rings. The standard InChI is InChI=1S/C12H21NO3/c14-12(15)11-6-10(7-13-11)16-8-9-4-2-1-3-5-9/h9-11,13H,1-8H2,(H,14,15)/t10?,11-/m0/s1. The first-order valence-corrected chi connectivity index (χ1v) is 6.33. The Labute approximate surface area is 96.4 Å². The summed E-state index contributed by atoms with van der Waals surface area (Å²) in [5.41, 5.74) is 0. The van der Waals surface area contributed by atoms with Crippen molar-refractivity contribution in [3.05, 3.63) is 0 Å². The molecule has 1 aliphatic heterocycles. The molecule has 1 saturated carbocycles. The molecule has 0 radical (unpaired) electrons. The van der Waals surface area contributed by atoms with Crippen LogP contribution in [0.4, 0.5) is 0 Å². The smallest absolute Gasteiger partial charge is 0.320 e. The minimum Gasteiger partial charge on any atom is -0.480 e. The fraction of sp³-hybridized carbons (Fsp3) is 0.917. The van der Waals surface area contributed by atoms with E-state index in [0.29, 0.717) is 18.9 Å². The van der Waals surface area contributed by atoms with E-state index in [2.05, 4.69) is 5.32 Å². The number of ether oxygens (including phenoxy) is 1. The topological polar surface area (TPSA) is 58.6 Å². The SMILES string of the molecule is O=C(O)[C@@H]1CC(OCC2CCCCC2)CN1. The van der Waals surface area contributed by atoms with Crippen LogP contribution in [0.5, 0.6) is 0 Å². The van der Waals surface area contributed by atoms with Gasteiger partial charge < -0.3 is 15.2 Å². The van der Waals surface area contributed by atoms with Gasteiger partial charge in [0.15, 0.2) is 0 Å². The number of nitrogens with one attached hydrogen (secondary N) is 1. The van der Waals surface area contributed by atoms with Crippen molar-refractivity contribution < 1.29 is 14.6 Å². The molecule has 0 aromatic heterocycles. The summed E-state index contributed by atoms with van der Waals surface area (Å²) in [5, 5.41) is 11.8. The van der Waals surface area contributed by atoms with Crippen molar-refractivity contribution in [2.24, 2.45) is 5.92 Å². The van der Waals surface area contributed by atoms with Gasteiger partial charge in [-0.3, -0.25) is 4.79 Å². The maximum Gasteiger partial charge on any atom is 0.320 e. The number of hydrogen-bond acceptors (Lipinski definition) is 3. The third kappa shape index (κ3) is 3.19. The molecule has 1 unspecified atom stereocenters. The van der Waals surface area contributed by atoms with Crippen molar-refractivity contribution in [2.75, 3.05) is 13.2 Å². The van der Waals surface area contributed by atoms with Crippen LogP contribution >= 0.6 is 0 Å². The zero-order valence-corrected chi connectivity index (χ0v) is 9.65. The molecule has 92 valence electrons. The van der Waals surface area contributed by atoms with Crippen molar-refractivity contribution >= 4 is 5.97 Å². The second-order valence-electron chi connectivity index (χ2n) is 4.99. The summed E-state index contributed by atoms with van der Waals surface area (Å²) in [5.74, 6) is -0.0543. The molecule has 16 heavy (non-hydrogen) atoms. The lowest BCUT2D eigenvalue weighted by Gasteiger charge is -2.23. The highest BCUT2D eigenvalue weighted by atomic mass is 16.5. The Kier molecular flexibility index (Phi) is 4.18. The van der Waals surface area contributed by atoms with E-state index in [-0.39, 0.29) is 6.10 Å². The largest absolute Gasteiger partial charge is 0.480 e. The summed E-state index contributed by atoms with van der Waals surface area (Å²) >= 11 is 0. The molecule has 0 amide bonds. The molecule has 4 nitrogen and oxygen atoms in total. The number of rotatable bonds is 4. The third-order valence-electron chi connectivity index (χ3n) is 3.68. The minimum absolute atomic E-state index is 0.100. The average Bonchev–Trinajstić information content (AvgIpc) is 2.76. The van der Waals surface area contributed by atoms with E-state index >= 15 is 0 Å². The molecule has 0 bridgehead atoms. The molecule has 2 atom stereocenters. The molecule has 0 spiro atoms. The summed E-state index contributed by atoms with van der Waals surface area (Å²) in [6, 6.07) is -0.406.